The van der Waals surface area contributed by atoms with E-state index < -0.39 is 17.7 Å². The number of rotatable bonds is 7. The molecule has 0 atom stereocenters. The van der Waals surface area contributed by atoms with Gasteiger partial charge in [-0.2, -0.15) is 5.10 Å². The monoisotopic (exact) mass is 397 g/mol. The van der Waals surface area contributed by atoms with Gasteiger partial charge in [0, 0.05) is 25.7 Å². The van der Waals surface area contributed by atoms with E-state index in [2.05, 4.69) is 15.4 Å². The van der Waals surface area contributed by atoms with Crippen LogP contribution in [0.1, 0.15) is 13.8 Å². The number of hydrogen-bond acceptors (Lipinski definition) is 4. The molecule has 10 heteroatoms. The average Bonchev–Trinajstić information content (AvgIpc) is 3.00. The van der Waals surface area contributed by atoms with Gasteiger partial charge in [-0.05, 0) is 25.1 Å². The van der Waals surface area contributed by atoms with Gasteiger partial charge >= 0.3 is 0 Å². The first kappa shape index (κ1) is 20.5. The summed E-state index contributed by atoms with van der Waals surface area (Å²) in [5.74, 6) is -4.36. The molecule has 0 spiro atoms. The molecule has 0 aromatic carbocycles. The van der Waals surface area contributed by atoms with Crippen LogP contribution in [0, 0.1) is 0 Å². The standard InChI is InChI=1S/C17H18ClF2N5O2/c1-3-24(15(27)10-22-14(26)6-7-17(2,19)20)13-11-25(23-16(13)18)12-5-4-8-21-9-12/h4-9,11H,3,10H2,1-2H3,(H,22,26)/b7-6+. The third kappa shape index (κ3) is 5.85. The number of anilines is 1. The van der Waals surface area contributed by atoms with Crippen LogP contribution in [0.3, 0.4) is 0 Å². The smallest absolute Gasteiger partial charge is 0.264 e. The number of carbonyl (C=O) groups is 2. The lowest BCUT2D eigenvalue weighted by Crippen LogP contribution is -2.39. The summed E-state index contributed by atoms with van der Waals surface area (Å²) in [4.78, 5) is 29.3. The molecular weight excluding hydrogens is 380 g/mol. The summed E-state index contributed by atoms with van der Waals surface area (Å²) in [5, 5.41) is 6.52. The van der Waals surface area contributed by atoms with Gasteiger partial charge in [-0.1, -0.05) is 11.6 Å². The Hall–Kier alpha value is -2.81. The molecule has 2 aromatic heterocycles. The lowest BCUT2D eigenvalue weighted by Gasteiger charge is -2.19. The third-order valence-corrected chi connectivity index (χ3v) is 3.68. The molecule has 2 amide bonds. The largest absolute Gasteiger partial charge is 0.343 e. The number of amides is 2. The molecule has 0 aliphatic carbocycles. The second-order valence-corrected chi connectivity index (χ2v) is 5.96. The minimum Gasteiger partial charge on any atom is -0.343 e. The normalized spacial score (nSPS) is 11.6. The lowest BCUT2D eigenvalue weighted by molar-refractivity contribution is -0.122. The molecule has 0 bridgehead atoms. The molecule has 0 saturated heterocycles. The summed E-state index contributed by atoms with van der Waals surface area (Å²) < 4.78 is 26.9. The highest BCUT2D eigenvalue weighted by molar-refractivity contribution is 6.32. The molecule has 1 N–H and O–H groups in total. The van der Waals surface area contributed by atoms with Gasteiger partial charge in [0.25, 0.3) is 5.92 Å². The first-order valence-electron chi connectivity index (χ1n) is 8.02. The molecule has 0 saturated carbocycles. The van der Waals surface area contributed by atoms with Gasteiger partial charge < -0.3 is 10.2 Å². The summed E-state index contributed by atoms with van der Waals surface area (Å²) in [7, 11) is 0. The molecule has 7 nitrogen and oxygen atoms in total. The SMILES string of the molecule is CCN(C(=O)CNC(=O)/C=C/C(C)(F)F)c1cn(-c2cccnc2)nc1Cl. The molecule has 0 radical (unpaired) electrons. The van der Waals surface area contributed by atoms with Crippen molar-refractivity contribution in [3.63, 3.8) is 0 Å². The summed E-state index contributed by atoms with van der Waals surface area (Å²) in [5.41, 5.74) is 1.02. The van der Waals surface area contributed by atoms with Gasteiger partial charge in [0.15, 0.2) is 5.15 Å². The molecule has 144 valence electrons. The zero-order valence-electron chi connectivity index (χ0n) is 14.7. The Kier molecular flexibility index (Phi) is 6.62. The molecule has 0 aliphatic rings. The Morgan fingerprint density at radius 3 is 2.78 bits per heavy atom. The Balaban J connectivity index is 2.08. The number of alkyl halides is 2. The van der Waals surface area contributed by atoms with Crippen LogP contribution in [0.5, 0.6) is 0 Å². The van der Waals surface area contributed by atoms with Crippen molar-refractivity contribution in [2.45, 2.75) is 19.8 Å². The molecule has 27 heavy (non-hydrogen) atoms. The van der Waals surface area contributed by atoms with Crippen LogP contribution < -0.4 is 10.2 Å². The molecule has 0 fully saturated rings. The molecule has 0 aliphatic heterocycles. The number of carbonyl (C=O) groups excluding carboxylic acids is 2. The van der Waals surface area contributed by atoms with E-state index in [-0.39, 0.29) is 18.2 Å². The van der Waals surface area contributed by atoms with E-state index in [0.29, 0.717) is 30.5 Å². The maximum atomic E-state index is 12.7. The third-order valence-electron chi connectivity index (χ3n) is 3.41. The summed E-state index contributed by atoms with van der Waals surface area (Å²) in [6.45, 7) is 2.29. The molecular formula is C17H18ClF2N5O2. The maximum absolute atomic E-state index is 12.7. The molecule has 2 aromatic rings. The lowest BCUT2D eigenvalue weighted by atomic mass is 10.3. The van der Waals surface area contributed by atoms with E-state index >= 15 is 0 Å². The van der Waals surface area contributed by atoms with E-state index in [1.165, 1.54) is 9.58 Å². The second kappa shape index (κ2) is 8.72. The van der Waals surface area contributed by atoms with Crippen LogP contribution in [-0.2, 0) is 9.59 Å². The summed E-state index contributed by atoms with van der Waals surface area (Å²) in [6.07, 6.45) is 5.92. The molecule has 0 unspecified atom stereocenters. The van der Waals surface area contributed by atoms with Crippen LogP contribution >= 0.6 is 11.6 Å². The maximum Gasteiger partial charge on any atom is 0.264 e. The van der Waals surface area contributed by atoms with Gasteiger partial charge in [0.2, 0.25) is 11.8 Å². The Labute approximate surface area is 159 Å². The number of nitrogens with zero attached hydrogens (tertiary/aromatic N) is 4. The Bertz CT molecular complexity index is 834. The van der Waals surface area contributed by atoms with Crippen molar-refractivity contribution in [2.24, 2.45) is 0 Å². The van der Waals surface area contributed by atoms with E-state index in [9.17, 15) is 18.4 Å². The number of likely N-dealkylation sites (N-methyl/N-ethyl adjacent to an activating group) is 1. The van der Waals surface area contributed by atoms with Gasteiger partial charge in [-0.15, -0.1) is 0 Å². The predicted octanol–water partition coefficient (Wildman–Crippen LogP) is 2.60. The number of nitrogens with one attached hydrogen (secondary N) is 1. The average molecular weight is 398 g/mol. The summed E-state index contributed by atoms with van der Waals surface area (Å²) >= 11 is 6.15. The topological polar surface area (TPSA) is 80.1 Å². The number of hydrogen-bond donors (Lipinski definition) is 1. The first-order valence-corrected chi connectivity index (χ1v) is 8.40. The van der Waals surface area contributed by atoms with Crippen molar-refractivity contribution in [3.05, 3.63) is 48.0 Å². The highest BCUT2D eigenvalue weighted by atomic mass is 35.5. The van der Waals surface area contributed by atoms with Crippen LogP contribution in [-0.4, -0.2) is 45.6 Å². The fourth-order valence-corrected chi connectivity index (χ4v) is 2.40. The van der Waals surface area contributed by atoms with Crippen molar-refractivity contribution in [3.8, 4) is 5.69 Å². The highest BCUT2D eigenvalue weighted by Gasteiger charge is 2.21. The minimum absolute atomic E-state index is 0.103. The van der Waals surface area contributed by atoms with Crippen LogP contribution in [0.15, 0.2) is 42.9 Å². The van der Waals surface area contributed by atoms with Crippen molar-refractivity contribution in [1.29, 1.82) is 0 Å². The Morgan fingerprint density at radius 2 is 2.19 bits per heavy atom. The number of aromatic nitrogens is 3. The zero-order chi connectivity index (χ0) is 20.0. The quantitative estimate of drug-likeness (QED) is 0.728. The fourth-order valence-electron chi connectivity index (χ4n) is 2.17. The minimum atomic E-state index is -3.11. The van der Waals surface area contributed by atoms with E-state index in [4.69, 9.17) is 11.6 Å². The van der Waals surface area contributed by atoms with Crippen LogP contribution in [0.25, 0.3) is 5.69 Å². The van der Waals surface area contributed by atoms with Gasteiger partial charge in [0.1, 0.15) is 5.69 Å². The van der Waals surface area contributed by atoms with Gasteiger partial charge in [0.05, 0.1) is 24.6 Å². The van der Waals surface area contributed by atoms with Crippen molar-refractivity contribution >= 4 is 29.1 Å². The number of pyridine rings is 1. The number of halogens is 3. The first-order chi connectivity index (χ1) is 12.7. The van der Waals surface area contributed by atoms with Crippen molar-refractivity contribution in [1.82, 2.24) is 20.1 Å². The van der Waals surface area contributed by atoms with Crippen LogP contribution in [0.2, 0.25) is 5.15 Å². The van der Waals surface area contributed by atoms with E-state index in [1.54, 1.807) is 37.6 Å². The summed E-state index contributed by atoms with van der Waals surface area (Å²) in [6, 6.07) is 3.50. The second-order valence-electron chi connectivity index (χ2n) is 5.61. The van der Waals surface area contributed by atoms with Crippen molar-refractivity contribution in [2.75, 3.05) is 18.0 Å². The van der Waals surface area contributed by atoms with E-state index in [0.717, 1.165) is 0 Å². The molecule has 2 rings (SSSR count). The number of allylic oxidation sites excluding steroid dienone is 1. The van der Waals surface area contributed by atoms with Crippen LogP contribution in [0.4, 0.5) is 14.5 Å². The Morgan fingerprint density at radius 1 is 1.44 bits per heavy atom. The molecule has 2 heterocycles. The van der Waals surface area contributed by atoms with Gasteiger partial charge in [-0.3, -0.25) is 14.6 Å². The predicted molar refractivity (Wildman–Crippen MR) is 97.2 cm³/mol. The highest BCUT2D eigenvalue weighted by Crippen LogP contribution is 2.25. The van der Waals surface area contributed by atoms with Crippen molar-refractivity contribution < 1.29 is 18.4 Å². The fraction of sp³-hybridized carbons (Fsp3) is 0.294. The van der Waals surface area contributed by atoms with Gasteiger partial charge in [-0.25, -0.2) is 13.5 Å². The van der Waals surface area contributed by atoms with E-state index in [1.807, 2.05) is 0 Å². The zero-order valence-corrected chi connectivity index (χ0v) is 15.5.